The molecule has 0 radical (unpaired) electrons. The number of amides is 2. The lowest BCUT2D eigenvalue weighted by Gasteiger charge is -2.25. The van der Waals surface area contributed by atoms with Crippen molar-refractivity contribution >= 4 is 23.5 Å². The number of carboxylic acids is 1. The second-order valence-electron chi connectivity index (χ2n) is 4.18. The predicted octanol–water partition coefficient (Wildman–Crippen LogP) is 0.594. The first-order valence-corrected chi connectivity index (χ1v) is 5.82. The second-order valence-corrected chi connectivity index (χ2v) is 4.18. The van der Waals surface area contributed by atoms with Crippen LogP contribution in [-0.4, -0.2) is 36.1 Å². The van der Waals surface area contributed by atoms with E-state index < -0.39 is 17.8 Å². The molecule has 0 spiro atoms. The van der Waals surface area contributed by atoms with Crippen molar-refractivity contribution in [3.63, 3.8) is 0 Å². The Bertz CT molecular complexity index is 510. The maximum Gasteiger partial charge on any atom is 0.303 e. The van der Waals surface area contributed by atoms with E-state index in [1.165, 1.54) is 0 Å². The van der Waals surface area contributed by atoms with Crippen LogP contribution < -0.4 is 4.90 Å². The van der Waals surface area contributed by atoms with Gasteiger partial charge in [0, 0.05) is 6.42 Å². The third-order valence-corrected chi connectivity index (χ3v) is 2.75. The number of carboxylic acid groups (broad SMARTS) is 1. The highest BCUT2D eigenvalue weighted by Crippen LogP contribution is 2.19. The maximum atomic E-state index is 11.7. The molecule has 1 fully saturated rings. The first-order chi connectivity index (χ1) is 9.08. The lowest BCUT2D eigenvalue weighted by molar-refractivity contribution is -0.138. The number of nitrogens with zero attached hydrogens (tertiary/aromatic N) is 1. The van der Waals surface area contributed by atoms with E-state index in [4.69, 9.17) is 9.84 Å². The number of carbonyl (C=O) groups excluding carboxylic acids is 2. The molecule has 19 heavy (non-hydrogen) atoms. The van der Waals surface area contributed by atoms with Gasteiger partial charge in [-0.2, -0.15) is 0 Å². The highest BCUT2D eigenvalue weighted by Gasteiger charge is 2.28. The molecule has 1 heterocycles. The Morgan fingerprint density at radius 2 is 1.95 bits per heavy atom. The molecule has 1 N–H and O–H groups in total. The lowest BCUT2D eigenvalue weighted by atomic mass is 10.1. The van der Waals surface area contributed by atoms with Crippen molar-refractivity contribution in [2.24, 2.45) is 0 Å². The number of aryl methyl sites for hydroxylation is 1. The van der Waals surface area contributed by atoms with Crippen molar-refractivity contribution in [2.45, 2.75) is 12.8 Å². The summed E-state index contributed by atoms with van der Waals surface area (Å²) in [5.74, 6) is -1.71. The van der Waals surface area contributed by atoms with Crippen molar-refractivity contribution in [3.05, 3.63) is 29.8 Å². The van der Waals surface area contributed by atoms with Crippen molar-refractivity contribution in [1.82, 2.24) is 0 Å². The molecule has 6 heteroatoms. The van der Waals surface area contributed by atoms with Gasteiger partial charge in [0.05, 0.1) is 5.69 Å². The Morgan fingerprint density at radius 3 is 2.58 bits per heavy atom. The summed E-state index contributed by atoms with van der Waals surface area (Å²) in [5.41, 5.74) is 1.23. The van der Waals surface area contributed by atoms with Crippen molar-refractivity contribution < 1.29 is 24.2 Å². The fourth-order valence-electron chi connectivity index (χ4n) is 1.88. The standard InChI is InChI=1S/C13H13NO5/c15-11-7-19-8-12(16)14(11)10-3-1-2-9(6-10)4-5-13(17)18/h1-3,6H,4-5,7-8H2,(H,17,18). The van der Waals surface area contributed by atoms with Gasteiger partial charge in [-0.05, 0) is 24.1 Å². The molecule has 2 rings (SSSR count). The minimum atomic E-state index is -0.885. The molecule has 100 valence electrons. The van der Waals surface area contributed by atoms with Crippen LogP contribution in [-0.2, 0) is 25.5 Å². The highest BCUT2D eigenvalue weighted by atomic mass is 16.5. The molecule has 0 aromatic heterocycles. The molecule has 1 aromatic carbocycles. The van der Waals surface area contributed by atoms with E-state index in [0.717, 1.165) is 10.5 Å². The number of carbonyl (C=O) groups is 3. The van der Waals surface area contributed by atoms with Crippen molar-refractivity contribution in [3.8, 4) is 0 Å². The van der Waals surface area contributed by atoms with Gasteiger partial charge in [0.15, 0.2) is 0 Å². The van der Waals surface area contributed by atoms with E-state index in [-0.39, 0.29) is 19.6 Å². The van der Waals surface area contributed by atoms with Crippen LogP contribution in [0.15, 0.2) is 24.3 Å². The molecule has 0 atom stereocenters. The molecular weight excluding hydrogens is 250 g/mol. The monoisotopic (exact) mass is 263 g/mol. The average Bonchev–Trinajstić information content (AvgIpc) is 2.37. The molecule has 0 unspecified atom stereocenters. The zero-order chi connectivity index (χ0) is 13.8. The molecule has 1 aromatic rings. The third-order valence-electron chi connectivity index (χ3n) is 2.75. The van der Waals surface area contributed by atoms with Gasteiger partial charge in [0.25, 0.3) is 11.8 Å². The summed E-state index contributed by atoms with van der Waals surface area (Å²) in [5, 5.41) is 8.64. The molecule has 0 saturated carbocycles. The molecule has 1 aliphatic heterocycles. The van der Waals surface area contributed by atoms with Gasteiger partial charge in [-0.15, -0.1) is 0 Å². The first kappa shape index (κ1) is 13.2. The van der Waals surface area contributed by atoms with E-state index in [9.17, 15) is 14.4 Å². The van der Waals surface area contributed by atoms with Crippen LogP contribution in [0.5, 0.6) is 0 Å². The van der Waals surface area contributed by atoms with E-state index in [1.54, 1.807) is 24.3 Å². The van der Waals surface area contributed by atoms with Crippen molar-refractivity contribution in [2.75, 3.05) is 18.1 Å². The number of hydrogen-bond acceptors (Lipinski definition) is 4. The Labute approximate surface area is 109 Å². The number of aliphatic carboxylic acids is 1. The SMILES string of the molecule is O=C(O)CCc1cccc(N2C(=O)COCC2=O)c1. The number of ether oxygens (including phenoxy) is 1. The first-order valence-electron chi connectivity index (χ1n) is 5.82. The van der Waals surface area contributed by atoms with Gasteiger partial charge < -0.3 is 9.84 Å². The smallest absolute Gasteiger partial charge is 0.303 e. The molecule has 2 amide bonds. The second kappa shape index (κ2) is 5.62. The number of rotatable bonds is 4. The normalized spacial score (nSPS) is 15.7. The highest BCUT2D eigenvalue weighted by molar-refractivity contribution is 6.17. The van der Waals surface area contributed by atoms with Gasteiger partial charge in [0.1, 0.15) is 13.2 Å². The van der Waals surface area contributed by atoms with Gasteiger partial charge in [0.2, 0.25) is 0 Å². The largest absolute Gasteiger partial charge is 0.481 e. The summed E-state index contributed by atoms with van der Waals surface area (Å²) in [6.45, 7) is -0.240. The van der Waals surface area contributed by atoms with Crippen LogP contribution in [0.2, 0.25) is 0 Å². The molecule has 0 bridgehead atoms. The summed E-state index contributed by atoms with van der Waals surface area (Å²) < 4.78 is 4.84. The zero-order valence-electron chi connectivity index (χ0n) is 10.2. The average molecular weight is 263 g/mol. The van der Waals surface area contributed by atoms with E-state index >= 15 is 0 Å². The summed E-state index contributed by atoms with van der Waals surface area (Å²) >= 11 is 0. The van der Waals surface area contributed by atoms with Crippen LogP contribution in [0, 0.1) is 0 Å². The van der Waals surface area contributed by atoms with Crippen LogP contribution in [0.3, 0.4) is 0 Å². The molecule has 0 aliphatic carbocycles. The van der Waals surface area contributed by atoms with Gasteiger partial charge in [-0.3, -0.25) is 14.4 Å². The Morgan fingerprint density at radius 1 is 1.26 bits per heavy atom. The Hall–Kier alpha value is -2.21. The number of benzene rings is 1. The number of hydrogen-bond donors (Lipinski definition) is 1. The summed E-state index contributed by atoms with van der Waals surface area (Å²) in [6.07, 6.45) is 0.365. The van der Waals surface area contributed by atoms with Crippen LogP contribution in [0.4, 0.5) is 5.69 Å². The number of anilines is 1. The fourth-order valence-corrected chi connectivity index (χ4v) is 1.88. The summed E-state index contributed by atoms with van der Waals surface area (Å²) in [7, 11) is 0. The van der Waals surface area contributed by atoms with Crippen LogP contribution in [0.25, 0.3) is 0 Å². The van der Waals surface area contributed by atoms with E-state index in [2.05, 4.69) is 0 Å². The van der Waals surface area contributed by atoms with E-state index in [1.807, 2.05) is 0 Å². The minimum absolute atomic E-state index is 0.00839. The van der Waals surface area contributed by atoms with Crippen LogP contribution >= 0.6 is 0 Å². The minimum Gasteiger partial charge on any atom is -0.481 e. The molecule has 1 saturated heterocycles. The molecule has 6 nitrogen and oxygen atoms in total. The van der Waals surface area contributed by atoms with Gasteiger partial charge >= 0.3 is 5.97 Å². The predicted molar refractivity (Wildman–Crippen MR) is 65.7 cm³/mol. The topological polar surface area (TPSA) is 83.9 Å². The summed E-state index contributed by atoms with van der Waals surface area (Å²) in [4.78, 5) is 34.9. The van der Waals surface area contributed by atoms with E-state index in [0.29, 0.717) is 12.1 Å². The fraction of sp³-hybridized carbons (Fsp3) is 0.308. The molecule has 1 aliphatic rings. The summed E-state index contributed by atoms with van der Waals surface area (Å²) in [6, 6.07) is 6.76. The quantitative estimate of drug-likeness (QED) is 0.804. The van der Waals surface area contributed by atoms with Crippen molar-refractivity contribution in [1.29, 1.82) is 0 Å². The number of imide groups is 1. The van der Waals surface area contributed by atoms with Gasteiger partial charge in [-0.25, -0.2) is 4.90 Å². The zero-order valence-corrected chi connectivity index (χ0v) is 10.2. The Balaban J connectivity index is 2.19. The van der Waals surface area contributed by atoms with Gasteiger partial charge in [-0.1, -0.05) is 12.1 Å². The Kier molecular flexibility index (Phi) is 3.91. The lowest BCUT2D eigenvalue weighted by Crippen LogP contribution is -2.46. The molecular formula is C13H13NO5. The maximum absolute atomic E-state index is 11.7. The van der Waals surface area contributed by atoms with Crippen LogP contribution in [0.1, 0.15) is 12.0 Å². The number of morpholine rings is 1. The third kappa shape index (κ3) is 3.17.